The quantitative estimate of drug-likeness (QED) is 0.453. The van der Waals surface area contributed by atoms with E-state index >= 15 is 0 Å². The Morgan fingerprint density at radius 2 is 1.42 bits per heavy atom. The van der Waals surface area contributed by atoms with E-state index in [9.17, 15) is 9.59 Å². The molecule has 0 radical (unpaired) electrons. The Kier molecular flexibility index (Phi) is 5.70. The minimum absolute atomic E-state index is 0.346. The number of nitrogens with zero attached hydrogens (tertiary/aromatic N) is 2. The zero-order valence-electron chi connectivity index (χ0n) is 16.5. The van der Waals surface area contributed by atoms with Crippen LogP contribution in [0.2, 0.25) is 0 Å². The van der Waals surface area contributed by atoms with E-state index in [1.54, 1.807) is 42.5 Å². The highest BCUT2D eigenvalue weighted by Gasteiger charge is 2.11. The number of esters is 1. The molecule has 1 heterocycles. The number of ether oxygens (including phenoxy) is 1. The summed E-state index contributed by atoms with van der Waals surface area (Å²) in [7, 11) is 1.30. The van der Waals surface area contributed by atoms with Crippen LogP contribution in [0, 0.1) is 0 Å². The molecule has 8 heteroatoms. The van der Waals surface area contributed by atoms with Crippen LogP contribution in [-0.4, -0.2) is 29.3 Å². The lowest BCUT2D eigenvalue weighted by atomic mass is 10.2. The zero-order valence-corrected chi connectivity index (χ0v) is 16.5. The number of hydrogen-bond acceptors (Lipinski definition) is 6. The maximum atomic E-state index is 12.3. The van der Waals surface area contributed by atoms with E-state index in [1.165, 1.54) is 13.2 Å². The van der Waals surface area contributed by atoms with Crippen LogP contribution in [0.25, 0.3) is 22.9 Å². The molecule has 31 heavy (non-hydrogen) atoms. The van der Waals surface area contributed by atoms with Crippen molar-refractivity contribution in [2.45, 2.75) is 0 Å². The largest absolute Gasteiger partial charge is 0.465 e. The molecule has 0 atom stereocenters. The molecule has 2 N–H and O–H groups in total. The fourth-order valence-corrected chi connectivity index (χ4v) is 2.87. The Morgan fingerprint density at radius 1 is 0.774 bits per heavy atom. The van der Waals surface area contributed by atoms with Gasteiger partial charge in [-0.05, 0) is 54.6 Å². The summed E-state index contributed by atoms with van der Waals surface area (Å²) in [6, 6.07) is 22.5. The maximum absolute atomic E-state index is 12.3. The second kappa shape index (κ2) is 8.91. The van der Waals surface area contributed by atoms with Gasteiger partial charge in [0.05, 0.1) is 12.7 Å². The zero-order chi connectivity index (χ0) is 21.6. The van der Waals surface area contributed by atoms with Gasteiger partial charge in [0.25, 0.3) is 0 Å². The first-order valence-electron chi connectivity index (χ1n) is 9.38. The Balaban J connectivity index is 1.40. The Bertz CT molecular complexity index is 1200. The van der Waals surface area contributed by atoms with Crippen molar-refractivity contribution in [3.63, 3.8) is 0 Å². The SMILES string of the molecule is COC(=O)c1cccc(NC(=O)Nc2ccc(-c3nnc(-c4ccccc4)o3)cc2)c1. The second-order valence-electron chi connectivity index (χ2n) is 6.51. The van der Waals surface area contributed by atoms with Gasteiger partial charge in [0.1, 0.15) is 0 Å². The number of benzene rings is 3. The third-order valence-corrected chi connectivity index (χ3v) is 4.38. The van der Waals surface area contributed by atoms with Crippen LogP contribution >= 0.6 is 0 Å². The number of aromatic nitrogens is 2. The lowest BCUT2D eigenvalue weighted by molar-refractivity contribution is 0.0600. The Morgan fingerprint density at radius 3 is 2.10 bits per heavy atom. The molecule has 8 nitrogen and oxygen atoms in total. The van der Waals surface area contributed by atoms with E-state index in [0.29, 0.717) is 28.7 Å². The van der Waals surface area contributed by atoms with Crippen LogP contribution in [0.4, 0.5) is 16.2 Å². The smallest absolute Gasteiger partial charge is 0.337 e. The number of nitrogens with one attached hydrogen (secondary N) is 2. The standard InChI is InChI=1S/C23H18N4O4/c1-30-22(28)17-8-5-9-19(14-17)25-23(29)24-18-12-10-16(11-13-18)21-27-26-20(31-21)15-6-3-2-4-7-15/h2-14H,1H3,(H2,24,25,29). The normalized spacial score (nSPS) is 10.4. The van der Waals surface area contributed by atoms with Gasteiger partial charge in [-0.3, -0.25) is 0 Å². The van der Waals surface area contributed by atoms with Gasteiger partial charge in [0.2, 0.25) is 11.8 Å². The molecule has 0 fully saturated rings. The summed E-state index contributed by atoms with van der Waals surface area (Å²) in [5.41, 5.74) is 2.96. The fourth-order valence-electron chi connectivity index (χ4n) is 2.87. The van der Waals surface area contributed by atoms with Gasteiger partial charge < -0.3 is 19.8 Å². The van der Waals surface area contributed by atoms with Crippen molar-refractivity contribution in [2.75, 3.05) is 17.7 Å². The van der Waals surface area contributed by atoms with Crippen molar-refractivity contribution in [1.29, 1.82) is 0 Å². The number of carbonyl (C=O) groups excluding carboxylic acids is 2. The highest BCUT2D eigenvalue weighted by molar-refractivity contribution is 6.00. The molecular formula is C23H18N4O4. The summed E-state index contributed by atoms with van der Waals surface area (Å²) in [5.74, 6) is 0.344. The molecule has 1 aromatic heterocycles. The number of carbonyl (C=O) groups is 2. The van der Waals surface area contributed by atoms with Crippen molar-refractivity contribution >= 4 is 23.4 Å². The summed E-state index contributed by atoms with van der Waals surface area (Å²) in [4.78, 5) is 23.9. The molecule has 4 rings (SSSR count). The molecule has 0 aliphatic carbocycles. The van der Waals surface area contributed by atoms with Gasteiger partial charge in [-0.25, -0.2) is 9.59 Å². The van der Waals surface area contributed by atoms with Gasteiger partial charge in [0, 0.05) is 22.5 Å². The molecule has 0 bridgehead atoms. The summed E-state index contributed by atoms with van der Waals surface area (Å²) >= 11 is 0. The lowest BCUT2D eigenvalue weighted by Crippen LogP contribution is -2.19. The van der Waals surface area contributed by atoms with Gasteiger partial charge in [-0.1, -0.05) is 24.3 Å². The number of urea groups is 1. The van der Waals surface area contributed by atoms with Crippen LogP contribution in [0.5, 0.6) is 0 Å². The molecule has 0 spiro atoms. The number of hydrogen-bond donors (Lipinski definition) is 2. The third kappa shape index (κ3) is 4.76. The van der Waals surface area contributed by atoms with Crippen LogP contribution in [-0.2, 0) is 4.74 Å². The molecule has 0 saturated heterocycles. The van der Waals surface area contributed by atoms with E-state index in [0.717, 1.165) is 11.1 Å². The third-order valence-electron chi connectivity index (χ3n) is 4.38. The van der Waals surface area contributed by atoms with Crippen LogP contribution in [0.15, 0.2) is 83.3 Å². The predicted molar refractivity (Wildman–Crippen MR) is 116 cm³/mol. The Labute approximate surface area is 177 Å². The van der Waals surface area contributed by atoms with Crippen molar-refractivity contribution in [2.24, 2.45) is 0 Å². The average Bonchev–Trinajstić information content (AvgIpc) is 3.30. The number of amides is 2. The highest BCUT2D eigenvalue weighted by Crippen LogP contribution is 2.24. The van der Waals surface area contributed by atoms with Crippen LogP contribution in [0.3, 0.4) is 0 Å². The molecular weight excluding hydrogens is 396 g/mol. The van der Waals surface area contributed by atoms with Crippen molar-refractivity contribution in [3.8, 4) is 22.9 Å². The van der Waals surface area contributed by atoms with E-state index in [1.807, 2.05) is 30.3 Å². The maximum Gasteiger partial charge on any atom is 0.337 e. The highest BCUT2D eigenvalue weighted by atomic mass is 16.5. The molecule has 0 unspecified atom stereocenters. The van der Waals surface area contributed by atoms with Gasteiger partial charge in [-0.15, -0.1) is 10.2 Å². The molecule has 154 valence electrons. The summed E-state index contributed by atoms with van der Waals surface area (Å²) in [6.45, 7) is 0. The van der Waals surface area contributed by atoms with E-state index < -0.39 is 12.0 Å². The molecule has 0 saturated carbocycles. The summed E-state index contributed by atoms with van der Waals surface area (Å²) in [5, 5.41) is 13.6. The van der Waals surface area contributed by atoms with Crippen molar-refractivity contribution in [1.82, 2.24) is 10.2 Å². The van der Waals surface area contributed by atoms with Crippen molar-refractivity contribution < 1.29 is 18.7 Å². The van der Waals surface area contributed by atoms with E-state index in [4.69, 9.17) is 4.42 Å². The monoisotopic (exact) mass is 414 g/mol. The van der Waals surface area contributed by atoms with Crippen LogP contribution in [0.1, 0.15) is 10.4 Å². The first-order chi connectivity index (χ1) is 15.1. The summed E-state index contributed by atoms with van der Waals surface area (Å²) in [6.07, 6.45) is 0. The number of rotatable bonds is 5. The molecule has 2 amide bonds. The molecule has 0 aliphatic rings. The minimum atomic E-state index is -0.476. The number of anilines is 2. The van der Waals surface area contributed by atoms with E-state index in [2.05, 4.69) is 25.6 Å². The predicted octanol–water partition coefficient (Wildman–Crippen LogP) is 4.83. The summed E-state index contributed by atoms with van der Waals surface area (Å²) < 4.78 is 10.4. The number of methoxy groups -OCH3 is 1. The second-order valence-corrected chi connectivity index (χ2v) is 6.51. The fraction of sp³-hybridized carbons (Fsp3) is 0.0435. The minimum Gasteiger partial charge on any atom is -0.465 e. The van der Waals surface area contributed by atoms with Gasteiger partial charge in [-0.2, -0.15) is 0 Å². The van der Waals surface area contributed by atoms with Crippen LogP contribution < -0.4 is 10.6 Å². The van der Waals surface area contributed by atoms with Gasteiger partial charge >= 0.3 is 12.0 Å². The van der Waals surface area contributed by atoms with Crippen molar-refractivity contribution in [3.05, 3.63) is 84.4 Å². The first-order valence-corrected chi connectivity index (χ1v) is 9.38. The Hall–Kier alpha value is -4.46. The topological polar surface area (TPSA) is 106 Å². The van der Waals surface area contributed by atoms with E-state index in [-0.39, 0.29) is 0 Å². The molecule has 3 aromatic carbocycles. The lowest BCUT2D eigenvalue weighted by Gasteiger charge is -2.09. The van der Waals surface area contributed by atoms with Gasteiger partial charge in [0.15, 0.2) is 0 Å². The first kappa shape index (κ1) is 19.8. The molecule has 0 aliphatic heterocycles. The molecule has 4 aromatic rings. The average molecular weight is 414 g/mol.